The lowest BCUT2D eigenvalue weighted by atomic mass is 10.1. The van der Waals surface area contributed by atoms with Crippen LogP contribution in [0, 0.1) is 5.82 Å². The van der Waals surface area contributed by atoms with Crippen molar-refractivity contribution in [1.82, 2.24) is 5.43 Å². The number of halogens is 4. The molecule has 0 saturated heterocycles. The van der Waals surface area contributed by atoms with Gasteiger partial charge in [-0.3, -0.25) is 4.79 Å². The molecule has 22 heavy (non-hydrogen) atoms. The Balaban J connectivity index is 1.97. The van der Waals surface area contributed by atoms with Gasteiger partial charge in [-0.1, -0.05) is 12.1 Å². The fraction of sp³-hybridized carbons (Fsp3) is 0.0667. The number of rotatable bonds is 3. The van der Waals surface area contributed by atoms with E-state index in [1.807, 2.05) is 0 Å². The van der Waals surface area contributed by atoms with E-state index in [1.165, 1.54) is 30.5 Å². The number of nitrogens with zero attached hydrogens (tertiary/aromatic N) is 1. The molecule has 2 aromatic carbocycles. The third-order valence-corrected chi connectivity index (χ3v) is 2.72. The van der Waals surface area contributed by atoms with E-state index in [0.29, 0.717) is 5.56 Å². The van der Waals surface area contributed by atoms with E-state index >= 15 is 0 Å². The normalized spacial score (nSPS) is 11.6. The van der Waals surface area contributed by atoms with Gasteiger partial charge in [0.2, 0.25) is 0 Å². The standard InChI is InChI=1S/C15H10F4N2O/c16-13-7-3-11(4-8-13)14(22)21-20-9-10-1-5-12(6-2-10)15(17,18)19/h1-9H,(H,21,22)/b20-9-. The van der Waals surface area contributed by atoms with Gasteiger partial charge in [0.15, 0.2) is 0 Å². The lowest BCUT2D eigenvalue weighted by Crippen LogP contribution is -2.17. The molecular weight excluding hydrogens is 300 g/mol. The minimum Gasteiger partial charge on any atom is -0.267 e. The highest BCUT2D eigenvalue weighted by Gasteiger charge is 2.29. The van der Waals surface area contributed by atoms with Crippen molar-refractivity contribution >= 4 is 12.1 Å². The molecule has 114 valence electrons. The minimum atomic E-state index is -4.40. The van der Waals surface area contributed by atoms with Crippen LogP contribution in [0.15, 0.2) is 53.6 Å². The zero-order valence-corrected chi connectivity index (χ0v) is 11.1. The van der Waals surface area contributed by atoms with Gasteiger partial charge >= 0.3 is 6.18 Å². The van der Waals surface area contributed by atoms with Crippen LogP contribution in [0.3, 0.4) is 0 Å². The Hall–Kier alpha value is -2.70. The lowest BCUT2D eigenvalue weighted by Gasteiger charge is -2.05. The molecule has 0 aliphatic carbocycles. The van der Waals surface area contributed by atoms with Crippen molar-refractivity contribution < 1.29 is 22.4 Å². The van der Waals surface area contributed by atoms with Gasteiger partial charge in [0, 0.05) is 5.56 Å². The van der Waals surface area contributed by atoms with Crippen molar-refractivity contribution in [3.05, 3.63) is 71.0 Å². The van der Waals surface area contributed by atoms with E-state index in [1.54, 1.807) is 0 Å². The van der Waals surface area contributed by atoms with Crippen LogP contribution in [0.1, 0.15) is 21.5 Å². The van der Waals surface area contributed by atoms with Crippen molar-refractivity contribution in [3.8, 4) is 0 Å². The average Bonchev–Trinajstić information content (AvgIpc) is 2.47. The van der Waals surface area contributed by atoms with Crippen molar-refractivity contribution in [2.45, 2.75) is 6.18 Å². The quantitative estimate of drug-likeness (QED) is 0.525. The molecule has 0 fully saturated rings. The number of carbonyl (C=O) groups excluding carboxylic acids is 1. The molecule has 0 atom stereocenters. The molecule has 0 unspecified atom stereocenters. The molecule has 3 nitrogen and oxygen atoms in total. The number of hydrazone groups is 1. The maximum absolute atomic E-state index is 12.7. The molecule has 1 N–H and O–H groups in total. The SMILES string of the molecule is O=C(N/N=C\c1ccc(C(F)(F)F)cc1)c1ccc(F)cc1. The van der Waals surface area contributed by atoms with Crippen molar-refractivity contribution in [1.29, 1.82) is 0 Å². The fourth-order valence-electron chi connectivity index (χ4n) is 1.59. The number of hydrogen-bond donors (Lipinski definition) is 1. The first kappa shape index (κ1) is 15.7. The highest BCUT2D eigenvalue weighted by Crippen LogP contribution is 2.28. The van der Waals surface area contributed by atoms with Gasteiger partial charge in [-0.15, -0.1) is 0 Å². The molecule has 0 radical (unpaired) electrons. The zero-order chi connectivity index (χ0) is 16.2. The van der Waals surface area contributed by atoms with Gasteiger partial charge in [0.1, 0.15) is 5.82 Å². The van der Waals surface area contributed by atoms with Crippen molar-refractivity contribution in [3.63, 3.8) is 0 Å². The molecule has 0 aromatic heterocycles. The van der Waals surface area contributed by atoms with Crippen LogP contribution < -0.4 is 5.43 Å². The largest absolute Gasteiger partial charge is 0.416 e. The van der Waals surface area contributed by atoms with Crippen LogP contribution in [-0.4, -0.2) is 12.1 Å². The summed E-state index contributed by atoms with van der Waals surface area (Å²) in [7, 11) is 0. The number of carbonyl (C=O) groups is 1. The first-order valence-corrected chi connectivity index (χ1v) is 6.12. The highest BCUT2D eigenvalue weighted by molar-refractivity contribution is 5.94. The number of alkyl halides is 3. The van der Waals surface area contributed by atoms with Gasteiger partial charge in [0.05, 0.1) is 11.8 Å². The summed E-state index contributed by atoms with van der Waals surface area (Å²) in [5, 5.41) is 3.63. The average molecular weight is 310 g/mol. The molecule has 0 bridgehead atoms. The molecule has 2 aromatic rings. The van der Waals surface area contributed by atoms with Crippen LogP contribution in [0.4, 0.5) is 17.6 Å². The summed E-state index contributed by atoms with van der Waals surface area (Å²) < 4.78 is 49.8. The molecule has 0 heterocycles. The van der Waals surface area contributed by atoms with Gasteiger partial charge in [-0.25, -0.2) is 9.82 Å². The third-order valence-electron chi connectivity index (χ3n) is 2.72. The number of hydrogen-bond acceptors (Lipinski definition) is 2. The summed E-state index contributed by atoms with van der Waals surface area (Å²) in [5.41, 5.74) is 2.04. The van der Waals surface area contributed by atoms with E-state index < -0.39 is 23.5 Å². The summed E-state index contributed by atoms with van der Waals surface area (Å²) in [6, 6.07) is 9.15. The predicted molar refractivity (Wildman–Crippen MR) is 72.9 cm³/mol. The van der Waals surface area contributed by atoms with E-state index in [-0.39, 0.29) is 5.56 Å². The van der Waals surface area contributed by atoms with E-state index in [0.717, 1.165) is 24.3 Å². The smallest absolute Gasteiger partial charge is 0.267 e. The lowest BCUT2D eigenvalue weighted by molar-refractivity contribution is -0.137. The van der Waals surface area contributed by atoms with Crippen LogP contribution >= 0.6 is 0 Å². The van der Waals surface area contributed by atoms with Gasteiger partial charge < -0.3 is 0 Å². The molecule has 2 rings (SSSR count). The van der Waals surface area contributed by atoms with Gasteiger partial charge in [0.25, 0.3) is 5.91 Å². The predicted octanol–water partition coefficient (Wildman–Crippen LogP) is 3.61. The zero-order valence-electron chi connectivity index (χ0n) is 11.1. The molecule has 7 heteroatoms. The van der Waals surface area contributed by atoms with Gasteiger partial charge in [-0.05, 0) is 42.0 Å². The van der Waals surface area contributed by atoms with Crippen molar-refractivity contribution in [2.75, 3.05) is 0 Å². The number of benzene rings is 2. The first-order chi connectivity index (χ1) is 10.4. The second-order valence-corrected chi connectivity index (χ2v) is 4.33. The second kappa shape index (κ2) is 6.38. The highest BCUT2D eigenvalue weighted by atomic mass is 19.4. The molecule has 0 aliphatic heterocycles. The summed E-state index contributed by atoms with van der Waals surface area (Å²) in [6.45, 7) is 0. The maximum atomic E-state index is 12.7. The molecule has 0 aliphatic rings. The summed E-state index contributed by atoms with van der Waals surface area (Å²) in [5.74, 6) is -1.02. The van der Waals surface area contributed by atoms with Gasteiger partial charge in [-0.2, -0.15) is 18.3 Å². The summed E-state index contributed by atoms with van der Waals surface area (Å²) in [6.07, 6.45) is -3.19. The second-order valence-electron chi connectivity index (χ2n) is 4.33. The number of amides is 1. The molecule has 1 amide bonds. The summed E-state index contributed by atoms with van der Waals surface area (Å²) >= 11 is 0. The third kappa shape index (κ3) is 4.15. The van der Waals surface area contributed by atoms with E-state index in [4.69, 9.17) is 0 Å². The fourth-order valence-corrected chi connectivity index (χ4v) is 1.59. The molecule has 0 spiro atoms. The van der Waals surface area contributed by atoms with E-state index in [2.05, 4.69) is 10.5 Å². The monoisotopic (exact) mass is 310 g/mol. The molecular formula is C15H10F4N2O. The Kier molecular flexibility index (Phi) is 4.55. The first-order valence-electron chi connectivity index (χ1n) is 6.12. The Morgan fingerprint density at radius 2 is 1.59 bits per heavy atom. The van der Waals surface area contributed by atoms with E-state index in [9.17, 15) is 22.4 Å². The Bertz CT molecular complexity index is 676. The topological polar surface area (TPSA) is 41.5 Å². The van der Waals surface area contributed by atoms with Crippen LogP contribution in [0.2, 0.25) is 0 Å². The summed E-state index contributed by atoms with van der Waals surface area (Å²) in [4.78, 5) is 11.6. The Morgan fingerprint density at radius 1 is 1.00 bits per heavy atom. The minimum absolute atomic E-state index is 0.214. The number of nitrogens with one attached hydrogen (secondary N) is 1. The maximum Gasteiger partial charge on any atom is 0.416 e. The van der Waals surface area contributed by atoms with Crippen LogP contribution in [0.25, 0.3) is 0 Å². The van der Waals surface area contributed by atoms with Crippen molar-refractivity contribution in [2.24, 2.45) is 5.10 Å². The van der Waals surface area contributed by atoms with Crippen LogP contribution in [-0.2, 0) is 6.18 Å². The Labute approximate surface area is 123 Å². The Morgan fingerprint density at radius 3 is 2.14 bits per heavy atom. The molecule has 0 saturated carbocycles. The van der Waals surface area contributed by atoms with Crippen LogP contribution in [0.5, 0.6) is 0 Å².